The van der Waals surface area contributed by atoms with Crippen LogP contribution in [-0.2, 0) is 4.74 Å². The van der Waals surface area contributed by atoms with Crippen molar-refractivity contribution in [2.24, 2.45) is 0 Å². The minimum Gasteiger partial charge on any atom is -0.465 e. The molecule has 0 fully saturated rings. The summed E-state index contributed by atoms with van der Waals surface area (Å²) in [4.78, 5) is 12.1. The Kier molecular flexibility index (Phi) is 4.49. The van der Waals surface area contributed by atoms with Crippen LogP contribution in [0, 0.1) is 0 Å². The third kappa shape index (κ3) is 3.05. The number of carbonyl (C=O) groups is 1. The van der Waals surface area contributed by atoms with Gasteiger partial charge >= 0.3 is 5.97 Å². The van der Waals surface area contributed by atoms with E-state index in [-0.39, 0.29) is 12.6 Å². The molecule has 4 heteroatoms. The Bertz CT molecular complexity index is 295. The summed E-state index contributed by atoms with van der Waals surface area (Å²) in [5.74, 6) is 0.334. The standard InChI is InChI=1S/C10H12O3S/c1-13-10(12)8-2-4-9(5-3-8)14-7-6-11/h2-5,11H,6-7H2,1H3. The summed E-state index contributed by atoms with van der Waals surface area (Å²) >= 11 is 1.55. The number of benzene rings is 1. The first kappa shape index (κ1) is 11.1. The largest absolute Gasteiger partial charge is 0.465 e. The van der Waals surface area contributed by atoms with Gasteiger partial charge in [-0.1, -0.05) is 0 Å². The number of thioether (sulfide) groups is 1. The predicted molar refractivity (Wildman–Crippen MR) is 55.6 cm³/mol. The van der Waals surface area contributed by atoms with Crippen molar-refractivity contribution in [1.82, 2.24) is 0 Å². The van der Waals surface area contributed by atoms with Crippen molar-refractivity contribution in [1.29, 1.82) is 0 Å². The Labute approximate surface area is 87.1 Å². The maximum absolute atomic E-state index is 11.1. The predicted octanol–water partition coefficient (Wildman–Crippen LogP) is 1.56. The van der Waals surface area contributed by atoms with Crippen molar-refractivity contribution in [2.45, 2.75) is 4.90 Å². The molecule has 1 rings (SSSR count). The zero-order valence-electron chi connectivity index (χ0n) is 7.90. The van der Waals surface area contributed by atoms with E-state index >= 15 is 0 Å². The van der Waals surface area contributed by atoms with Gasteiger partial charge in [-0.25, -0.2) is 4.79 Å². The smallest absolute Gasteiger partial charge is 0.337 e. The minimum absolute atomic E-state index is 0.156. The molecule has 0 amide bonds. The molecule has 0 radical (unpaired) electrons. The highest BCUT2D eigenvalue weighted by Crippen LogP contribution is 2.17. The average Bonchev–Trinajstić information content (AvgIpc) is 2.26. The molecule has 3 nitrogen and oxygen atoms in total. The van der Waals surface area contributed by atoms with Crippen LogP contribution in [0.4, 0.5) is 0 Å². The van der Waals surface area contributed by atoms with Gasteiger partial charge in [-0.2, -0.15) is 0 Å². The van der Waals surface area contributed by atoms with E-state index in [0.717, 1.165) is 4.90 Å². The van der Waals surface area contributed by atoms with Crippen molar-refractivity contribution in [3.8, 4) is 0 Å². The van der Waals surface area contributed by atoms with Crippen LogP contribution in [-0.4, -0.2) is 30.5 Å². The number of hydrogen-bond acceptors (Lipinski definition) is 4. The zero-order chi connectivity index (χ0) is 10.4. The Balaban J connectivity index is 2.63. The lowest BCUT2D eigenvalue weighted by molar-refractivity contribution is 0.0600. The van der Waals surface area contributed by atoms with Gasteiger partial charge in [0.2, 0.25) is 0 Å². The van der Waals surface area contributed by atoms with Crippen molar-refractivity contribution in [3.63, 3.8) is 0 Å². The van der Waals surface area contributed by atoms with Gasteiger partial charge in [-0.15, -0.1) is 11.8 Å². The van der Waals surface area contributed by atoms with Gasteiger partial charge in [0.25, 0.3) is 0 Å². The number of carbonyl (C=O) groups excluding carboxylic acids is 1. The van der Waals surface area contributed by atoms with Crippen molar-refractivity contribution < 1.29 is 14.6 Å². The lowest BCUT2D eigenvalue weighted by Crippen LogP contribution is -2.00. The van der Waals surface area contributed by atoms with Crippen molar-refractivity contribution >= 4 is 17.7 Å². The van der Waals surface area contributed by atoms with E-state index in [0.29, 0.717) is 11.3 Å². The molecule has 1 aromatic rings. The minimum atomic E-state index is -0.330. The maximum atomic E-state index is 11.1. The fourth-order valence-electron chi connectivity index (χ4n) is 0.969. The van der Waals surface area contributed by atoms with Crippen LogP contribution in [0.2, 0.25) is 0 Å². The lowest BCUT2D eigenvalue weighted by Gasteiger charge is -2.01. The van der Waals surface area contributed by atoms with Gasteiger partial charge in [0.15, 0.2) is 0 Å². The number of rotatable bonds is 4. The quantitative estimate of drug-likeness (QED) is 0.607. The van der Waals surface area contributed by atoms with Gasteiger partial charge < -0.3 is 9.84 Å². The van der Waals surface area contributed by atoms with E-state index in [9.17, 15) is 4.79 Å². The van der Waals surface area contributed by atoms with Gasteiger partial charge in [0.05, 0.1) is 19.3 Å². The van der Waals surface area contributed by atoms with Crippen LogP contribution in [0.1, 0.15) is 10.4 Å². The molecule has 0 aliphatic heterocycles. The van der Waals surface area contributed by atoms with Crippen molar-refractivity contribution in [2.75, 3.05) is 19.5 Å². The molecular weight excluding hydrogens is 200 g/mol. The summed E-state index contributed by atoms with van der Waals surface area (Å²) < 4.78 is 4.57. The lowest BCUT2D eigenvalue weighted by atomic mass is 10.2. The van der Waals surface area contributed by atoms with E-state index in [4.69, 9.17) is 5.11 Å². The first-order chi connectivity index (χ1) is 6.77. The van der Waals surface area contributed by atoms with E-state index < -0.39 is 0 Å². The molecule has 14 heavy (non-hydrogen) atoms. The van der Waals surface area contributed by atoms with E-state index in [2.05, 4.69) is 4.74 Å². The summed E-state index contributed by atoms with van der Waals surface area (Å²) in [6.07, 6.45) is 0. The van der Waals surface area contributed by atoms with Crippen LogP contribution in [0.3, 0.4) is 0 Å². The van der Waals surface area contributed by atoms with Gasteiger partial charge in [-0.05, 0) is 24.3 Å². The number of aliphatic hydroxyl groups excluding tert-OH is 1. The molecule has 0 bridgehead atoms. The maximum Gasteiger partial charge on any atom is 0.337 e. The first-order valence-corrected chi connectivity index (χ1v) is 5.18. The molecule has 1 N–H and O–H groups in total. The molecule has 1 aromatic carbocycles. The third-order valence-electron chi connectivity index (χ3n) is 1.64. The number of methoxy groups -OCH3 is 1. The summed E-state index contributed by atoms with van der Waals surface area (Å²) in [5, 5.41) is 8.61. The second-order valence-corrected chi connectivity index (χ2v) is 3.76. The van der Waals surface area contributed by atoms with Crippen LogP contribution >= 0.6 is 11.8 Å². The summed E-state index contributed by atoms with van der Waals surface area (Å²) in [5.41, 5.74) is 0.542. The Hall–Kier alpha value is -1.00. The van der Waals surface area contributed by atoms with E-state index in [1.807, 2.05) is 12.1 Å². The monoisotopic (exact) mass is 212 g/mol. The summed E-state index contributed by atoms with van der Waals surface area (Å²) in [7, 11) is 1.36. The highest BCUT2D eigenvalue weighted by Gasteiger charge is 2.03. The van der Waals surface area contributed by atoms with Gasteiger partial charge in [0.1, 0.15) is 0 Å². The van der Waals surface area contributed by atoms with Crippen LogP contribution < -0.4 is 0 Å². The fraction of sp³-hybridized carbons (Fsp3) is 0.300. The topological polar surface area (TPSA) is 46.5 Å². The molecule has 0 atom stereocenters. The SMILES string of the molecule is COC(=O)c1ccc(SCCO)cc1. The molecule has 0 saturated heterocycles. The highest BCUT2D eigenvalue weighted by atomic mass is 32.2. The molecule has 0 saturated carbocycles. The molecule has 0 aromatic heterocycles. The van der Waals surface area contributed by atoms with Crippen LogP contribution in [0.5, 0.6) is 0 Å². The molecule has 0 aliphatic rings. The van der Waals surface area contributed by atoms with Gasteiger partial charge in [0, 0.05) is 10.6 Å². The Morgan fingerprint density at radius 2 is 2.07 bits per heavy atom. The summed E-state index contributed by atoms with van der Waals surface area (Å²) in [6, 6.07) is 7.11. The first-order valence-electron chi connectivity index (χ1n) is 4.20. The zero-order valence-corrected chi connectivity index (χ0v) is 8.71. The fourth-order valence-corrected chi connectivity index (χ4v) is 1.62. The van der Waals surface area contributed by atoms with Crippen LogP contribution in [0.15, 0.2) is 29.2 Å². The normalized spacial score (nSPS) is 9.86. The second kappa shape index (κ2) is 5.67. The molecule has 76 valence electrons. The highest BCUT2D eigenvalue weighted by molar-refractivity contribution is 7.99. The molecule has 0 aliphatic carbocycles. The number of ether oxygens (including phenoxy) is 1. The number of esters is 1. The molecule has 0 spiro atoms. The molecule has 0 unspecified atom stereocenters. The average molecular weight is 212 g/mol. The van der Waals surface area contributed by atoms with E-state index in [1.54, 1.807) is 23.9 Å². The van der Waals surface area contributed by atoms with Crippen molar-refractivity contribution in [3.05, 3.63) is 29.8 Å². The van der Waals surface area contributed by atoms with E-state index in [1.165, 1.54) is 7.11 Å². The second-order valence-electron chi connectivity index (χ2n) is 2.59. The Morgan fingerprint density at radius 1 is 1.43 bits per heavy atom. The molecule has 0 heterocycles. The third-order valence-corrected chi connectivity index (χ3v) is 2.63. The molecular formula is C10H12O3S. The van der Waals surface area contributed by atoms with Gasteiger partial charge in [-0.3, -0.25) is 0 Å². The van der Waals surface area contributed by atoms with Crippen LogP contribution in [0.25, 0.3) is 0 Å². The number of hydrogen-bond donors (Lipinski definition) is 1. The number of aliphatic hydroxyl groups is 1. The Morgan fingerprint density at radius 3 is 2.57 bits per heavy atom. The summed E-state index contributed by atoms with van der Waals surface area (Å²) in [6.45, 7) is 0.156.